The molecule has 0 aliphatic heterocycles. The fourth-order valence-corrected chi connectivity index (χ4v) is 2.98. The summed E-state index contributed by atoms with van der Waals surface area (Å²) >= 11 is 0. The molecule has 5 heteroatoms. The van der Waals surface area contributed by atoms with E-state index in [0.717, 1.165) is 37.8 Å². The largest absolute Gasteiger partial charge is 0.393 e. The molecule has 1 aliphatic carbocycles. The molecule has 0 heterocycles. The van der Waals surface area contributed by atoms with Crippen LogP contribution < -0.4 is 5.32 Å². The van der Waals surface area contributed by atoms with Gasteiger partial charge >= 0.3 is 0 Å². The van der Waals surface area contributed by atoms with Gasteiger partial charge in [0.2, 0.25) is 0 Å². The fourth-order valence-electron chi connectivity index (χ4n) is 2.98. The predicted molar refractivity (Wildman–Crippen MR) is 82.2 cm³/mol. The van der Waals surface area contributed by atoms with Crippen molar-refractivity contribution in [2.24, 2.45) is 5.92 Å². The Hall–Kier alpha value is -1.46. The van der Waals surface area contributed by atoms with Crippen molar-refractivity contribution in [3.05, 3.63) is 39.9 Å². The molecule has 2 N–H and O–H groups in total. The summed E-state index contributed by atoms with van der Waals surface area (Å²) in [5, 5.41) is 24.2. The standard InChI is InChI=1S/C16H24N2O3/c1-12(17-11-14-6-4-8-16(14)19)9-10-13-5-2-3-7-15(13)18(20)21/h2-3,5,7,12,14,16-17,19H,4,6,8-11H2,1H3. The van der Waals surface area contributed by atoms with Crippen LogP contribution in [-0.4, -0.2) is 28.7 Å². The van der Waals surface area contributed by atoms with Gasteiger partial charge in [0.05, 0.1) is 11.0 Å². The van der Waals surface area contributed by atoms with Gasteiger partial charge in [-0.15, -0.1) is 0 Å². The summed E-state index contributed by atoms with van der Waals surface area (Å²) in [7, 11) is 0. The molecule has 116 valence electrons. The van der Waals surface area contributed by atoms with Crippen LogP contribution in [-0.2, 0) is 6.42 Å². The van der Waals surface area contributed by atoms with Crippen molar-refractivity contribution in [2.45, 2.75) is 51.2 Å². The molecule has 5 nitrogen and oxygen atoms in total. The Labute approximate surface area is 125 Å². The van der Waals surface area contributed by atoms with Gasteiger partial charge in [0, 0.05) is 24.2 Å². The van der Waals surface area contributed by atoms with E-state index in [9.17, 15) is 15.2 Å². The molecule has 1 saturated carbocycles. The number of nitrogens with zero attached hydrogens (tertiary/aromatic N) is 1. The van der Waals surface area contributed by atoms with Crippen LogP contribution in [0, 0.1) is 16.0 Å². The number of nitro benzene ring substituents is 1. The van der Waals surface area contributed by atoms with Gasteiger partial charge in [0.15, 0.2) is 0 Å². The number of aryl methyl sites for hydroxylation is 1. The molecule has 2 rings (SSSR count). The van der Waals surface area contributed by atoms with Gasteiger partial charge in [-0.2, -0.15) is 0 Å². The Morgan fingerprint density at radius 3 is 2.86 bits per heavy atom. The first-order valence-electron chi connectivity index (χ1n) is 7.71. The number of aliphatic hydroxyl groups excluding tert-OH is 1. The SMILES string of the molecule is CC(CCc1ccccc1[N+](=O)[O-])NCC1CCCC1O. The molecule has 0 amide bonds. The molecule has 1 aromatic rings. The number of hydrogen-bond acceptors (Lipinski definition) is 4. The van der Waals surface area contributed by atoms with Crippen molar-refractivity contribution in [1.82, 2.24) is 5.32 Å². The van der Waals surface area contributed by atoms with E-state index in [0.29, 0.717) is 12.3 Å². The Morgan fingerprint density at radius 1 is 1.43 bits per heavy atom. The summed E-state index contributed by atoms with van der Waals surface area (Å²) in [4.78, 5) is 10.6. The molecule has 0 aromatic heterocycles. The first kappa shape index (κ1) is 15.9. The lowest BCUT2D eigenvalue weighted by Gasteiger charge is -2.19. The number of rotatable bonds is 7. The highest BCUT2D eigenvalue weighted by atomic mass is 16.6. The molecule has 1 aromatic carbocycles. The van der Waals surface area contributed by atoms with Crippen LogP contribution in [0.4, 0.5) is 5.69 Å². The topological polar surface area (TPSA) is 75.4 Å². The van der Waals surface area contributed by atoms with Gasteiger partial charge in [0.25, 0.3) is 5.69 Å². The van der Waals surface area contributed by atoms with Crippen molar-refractivity contribution < 1.29 is 10.0 Å². The fraction of sp³-hybridized carbons (Fsp3) is 0.625. The van der Waals surface area contributed by atoms with Crippen LogP contribution in [0.5, 0.6) is 0 Å². The summed E-state index contributed by atoms with van der Waals surface area (Å²) < 4.78 is 0. The zero-order chi connectivity index (χ0) is 15.2. The van der Waals surface area contributed by atoms with E-state index in [1.807, 2.05) is 12.1 Å². The van der Waals surface area contributed by atoms with Gasteiger partial charge in [-0.05, 0) is 38.5 Å². The minimum atomic E-state index is -0.317. The summed E-state index contributed by atoms with van der Waals surface area (Å²) in [6, 6.07) is 7.21. The van der Waals surface area contributed by atoms with Gasteiger partial charge < -0.3 is 10.4 Å². The molecule has 0 saturated heterocycles. The highest BCUT2D eigenvalue weighted by Crippen LogP contribution is 2.25. The third-order valence-electron chi connectivity index (χ3n) is 4.38. The normalized spacial score (nSPS) is 23.1. The van der Waals surface area contributed by atoms with E-state index in [1.54, 1.807) is 12.1 Å². The first-order chi connectivity index (χ1) is 10.1. The van der Waals surface area contributed by atoms with Gasteiger partial charge in [-0.3, -0.25) is 10.1 Å². The average molecular weight is 292 g/mol. The van der Waals surface area contributed by atoms with E-state index < -0.39 is 0 Å². The molecule has 21 heavy (non-hydrogen) atoms. The molecule has 3 unspecified atom stereocenters. The van der Waals surface area contributed by atoms with Crippen molar-refractivity contribution in [3.63, 3.8) is 0 Å². The van der Waals surface area contributed by atoms with Crippen LogP contribution in [0.25, 0.3) is 0 Å². The quantitative estimate of drug-likeness (QED) is 0.598. The first-order valence-corrected chi connectivity index (χ1v) is 7.71. The van der Waals surface area contributed by atoms with Crippen molar-refractivity contribution in [3.8, 4) is 0 Å². The monoisotopic (exact) mass is 292 g/mol. The van der Waals surface area contributed by atoms with Crippen LogP contribution >= 0.6 is 0 Å². The van der Waals surface area contributed by atoms with Crippen LogP contribution in [0.1, 0.15) is 38.2 Å². The second-order valence-corrected chi connectivity index (χ2v) is 5.99. The van der Waals surface area contributed by atoms with Crippen molar-refractivity contribution in [1.29, 1.82) is 0 Å². The average Bonchev–Trinajstić information content (AvgIpc) is 2.88. The van der Waals surface area contributed by atoms with E-state index in [1.165, 1.54) is 0 Å². The minimum Gasteiger partial charge on any atom is -0.393 e. The third kappa shape index (κ3) is 4.51. The lowest BCUT2D eigenvalue weighted by atomic mass is 10.0. The number of aliphatic hydroxyl groups is 1. The van der Waals surface area contributed by atoms with Crippen molar-refractivity contribution >= 4 is 5.69 Å². The molecule has 3 atom stereocenters. The molecule has 1 aliphatic rings. The summed E-state index contributed by atoms with van der Waals surface area (Å²) in [5.41, 5.74) is 0.993. The maximum atomic E-state index is 11.0. The smallest absolute Gasteiger partial charge is 0.272 e. The van der Waals surface area contributed by atoms with Crippen LogP contribution in [0.2, 0.25) is 0 Å². The molecule has 0 bridgehead atoms. The number of para-hydroxylation sites is 1. The molecule has 0 spiro atoms. The van der Waals surface area contributed by atoms with Gasteiger partial charge in [-0.1, -0.05) is 24.6 Å². The molecular weight excluding hydrogens is 268 g/mol. The summed E-state index contributed by atoms with van der Waals surface area (Å²) in [5.74, 6) is 0.360. The van der Waals surface area contributed by atoms with E-state index in [-0.39, 0.29) is 22.8 Å². The minimum absolute atomic E-state index is 0.167. The predicted octanol–water partition coefficient (Wildman–Crippen LogP) is 2.67. The number of nitrogens with one attached hydrogen (secondary N) is 1. The zero-order valence-corrected chi connectivity index (χ0v) is 12.5. The number of nitro groups is 1. The van der Waals surface area contributed by atoms with E-state index >= 15 is 0 Å². The zero-order valence-electron chi connectivity index (χ0n) is 12.5. The van der Waals surface area contributed by atoms with Crippen LogP contribution in [0.15, 0.2) is 24.3 Å². The second kappa shape index (κ2) is 7.52. The Morgan fingerprint density at radius 2 is 2.19 bits per heavy atom. The van der Waals surface area contributed by atoms with Gasteiger partial charge in [-0.25, -0.2) is 0 Å². The highest BCUT2D eigenvalue weighted by Gasteiger charge is 2.25. The Balaban J connectivity index is 1.78. The number of benzene rings is 1. The molecule has 0 radical (unpaired) electrons. The van der Waals surface area contributed by atoms with Crippen molar-refractivity contribution in [2.75, 3.05) is 6.54 Å². The second-order valence-electron chi connectivity index (χ2n) is 5.99. The van der Waals surface area contributed by atoms with E-state index in [4.69, 9.17) is 0 Å². The Bertz CT molecular complexity index is 478. The summed E-state index contributed by atoms with van der Waals surface area (Å²) in [6.07, 6.45) is 4.49. The lowest BCUT2D eigenvalue weighted by molar-refractivity contribution is -0.385. The maximum absolute atomic E-state index is 11.0. The lowest BCUT2D eigenvalue weighted by Crippen LogP contribution is -2.34. The van der Waals surface area contributed by atoms with Crippen LogP contribution in [0.3, 0.4) is 0 Å². The van der Waals surface area contributed by atoms with E-state index in [2.05, 4.69) is 12.2 Å². The maximum Gasteiger partial charge on any atom is 0.272 e. The molecular formula is C16H24N2O3. The number of hydrogen-bond donors (Lipinski definition) is 2. The van der Waals surface area contributed by atoms with Gasteiger partial charge in [0.1, 0.15) is 0 Å². The third-order valence-corrected chi connectivity index (χ3v) is 4.38. The highest BCUT2D eigenvalue weighted by molar-refractivity contribution is 5.39. The summed E-state index contributed by atoms with van der Waals surface area (Å²) in [6.45, 7) is 2.93. The molecule has 1 fully saturated rings. The Kier molecular flexibility index (Phi) is 5.70.